The van der Waals surface area contributed by atoms with E-state index >= 15 is 0 Å². The molecule has 3 rings (SSSR count). The number of hydrogen-bond donors (Lipinski definition) is 2. The lowest BCUT2D eigenvalue weighted by Gasteiger charge is -2.39. The number of ether oxygens (including phenoxy) is 1. The van der Waals surface area contributed by atoms with Crippen molar-refractivity contribution in [3.8, 4) is 0 Å². The normalized spacial score (nSPS) is 19.5. The third kappa shape index (κ3) is 6.69. The van der Waals surface area contributed by atoms with Crippen molar-refractivity contribution < 1.29 is 19.1 Å². The molecule has 3 atom stereocenters. The molecule has 1 aliphatic carbocycles. The Labute approximate surface area is 190 Å². The van der Waals surface area contributed by atoms with Gasteiger partial charge in [-0.25, -0.2) is 4.79 Å². The Balaban J connectivity index is 1.50. The van der Waals surface area contributed by atoms with Crippen molar-refractivity contribution >= 4 is 17.9 Å². The summed E-state index contributed by atoms with van der Waals surface area (Å²) in [6.45, 7) is 8.38. The van der Waals surface area contributed by atoms with Crippen molar-refractivity contribution in [3.05, 3.63) is 35.9 Å². The van der Waals surface area contributed by atoms with Gasteiger partial charge in [0, 0.05) is 32.2 Å². The summed E-state index contributed by atoms with van der Waals surface area (Å²) in [6, 6.07) is 8.95. The molecule has 0 spiro atoms. The van der Waals surface area contributed by atoms with Crippen LogP contribution in [0.15, 0.2) is 30.3 Å². The first-order chi connectivity index (χ1) is 15.4. The molecule has 176 valence electrons. The second-order valence-corrected chi connectivity index (χ2v) is 8.89. The zero-order valence-electron chi connectivity index (χ0n) is 19.4. The molecule has 2 N–H and O–H groups in total. The van der Waals surface area contributed by atoms with Crippen LogP contribution in [0.5, 0.6) is 0 Å². The maximum Gasteiger partial charge on any atom is 0.408 e. The van der Waals surface area contributed by atoms with Crippen LogP contribution in [0.1, 0.15) is 45.6 Å². The summed E-state index contributed by atoms with van der Waals surface area (Å²) >= 11 is 0. The number of nitrogens with one attached hydrogen (secondary N) is 2. The first-order valence-electron chi connectivity index (χ1n) is 11.7. The largest absolute Gasteiger partial charge is 0.445 e. The number of nitrogens with zero attached hydrogens (tertiary/aromatic N) is 2. The Bertz CT molecular complexity index is 775. The maximum atomic E-state index is 13.2. The Morgan fingerprint density at radius 1 is 1.06 bits per heavy atom. The van der Waals surface area contributed by atoms with Crippen molar-refractivity contribution in [1.82, 2.24) is 20.4 Å². The minimum Gasteiger partial charge on any atom is -0.445 e. The lowest BCUT2D eigenvalue weighted by molar-refractivity contribution is -0.137. The monoisotopic (exact) mass is 444 g/mol. The van der Waals surface area contributed by atoms with E-state index in [2.05, 4.69) is 15.5 Å². The van der Waals surface area contributed by atoms with E-state index < -0.39 is 12.1 Å². The summed E-state index contributed by atoms with van der Waals surface area (Å²) in [5.41, 5.74) is 0.894. The molecule has 1 saturated heterocycles. The Morgan fingerprint density at radius 2 is 1.72 bits per heavy atom. The van der Waals surface area contributed by atoms with Crippen molar-refractivity contribution in [2.45, 2.75) is 64.8 Å². The number of amides is 3. The summed E-state index contributed by atoms with van der Waals surface area (Å²) in [5, 5.41) is 5.83. The summed E-state index contributed by atoms with van der Waals surface area (Å²) in [7, 11) is 0. The number of benzene rings is 1. The Kier molecular flexibility index (Phi) is 8.50. The van der Waals surface area contributed by atoms with Crippen LogP contribution in [-0.2, 0) is 20.9 Å². The average molecular weight is 445 g/mol. The fourth-order valence-electron chi connectivity index (χ4n) is 3.82. The minimum absolute atomic E-state index is 0.0203. The molecule has 1 aliphatic heterocycles. The van der Waals surface area contributed by atoms with E-state index in [4.69, 9.17) is 4.74 Å². The lowest BCUT2D eigenvalue weighted by Crippen LogP contribution is -2.59. The highest BCUT2D eigenvalue weighted by Crippen LogP contribution is 2.19. The molecule has 1 unspecified atom stereocenters. The number of carbonyl (C=O) groups excluding carboxylic acids is 3. The predicted molar refractivity (Wildman–Crippen MR) is 122 cm³/mol. The van der Waals surface area contributed by atoms with Crippen LogP contribution < -0.4 is 10.6 Å². The molecule has 2 fully saturated rings. The van der Waals surface area contributed by atoms with Gasteiger partial charge in [-0.1, -0.05) is 50.6 Å². The molecule has 8 nitrogen and oxygen atoms in total. The molecule has 2 aliphatic rings. The Hall–Kier alpha value is -2.61. The minimum atomic E-state index is -0.634. The van der Waals surface area contributed by atoms with Gasteiger partial charge in [0.15, 0.2) is 0 Å². The van der Waals surface area contributed by atoms with Crippen LogP contribution in [0, 0.1) is 5.92 Å². The van der Waals surface area contributed by atoms with E-state index in [1.54, 1.807) is 4.90 Å². The number of rotatable bonds is 9. The molecule has 32 heavy (non-hydrogen) atoms. The number of piperazine rings is 1. The molecule has 0 aromatic heterocycles. The maximum absolute atomic E-state index is 13.2. The molecule has 3 amide bonds. The Morgan fingerprint density at radius 3 is 2.31 bits per heavy atom. The van der Waals surface area contributed by atoms with Crippen molar-refractivity contribution in [3.63, 3.8) is 0 Å². The molecule has 1 aromatic rings. The van der Waals surface area contributed by atoms with Crippen LogP contribution in [0.2, 0.25) is 0 Å². The van der Waals surface area contributed by atoms with E-state index in [0.29, 0.717) is 32.2 Å². The van der Waals surface area contributed by atoms with Gasteiger partial charge < -0.3 is 20.3 Å². The fourth-order valence-corrected chi connectivity index (χ4v) is 3.82. The number of carbonyl (C=O) groups is 3. The molecular weight excluding hydrogens is 408 g/mol. The highest BCUT2D eigenvalue weighted by atomic mass is 16.5. The molecule has 1 saturated carbocycles. The molecule has 8 heteroatoms. The quantitative estimate of drug-likeness (QED) is 0.609. The lowest BCUT2D eigenvalue weighted by atomic mass is 9.97. The van der Waals surface area contributed by atoms with Gasteiger partial charge >= 0.3 is 6.09 Å². The summed E-state index contributed by atoms with van der Waals surface area (Å²) in [6.07, 6.45) is 2.31. The molecule has 0 bridgehead atoms. The molecule has 0 radical (unpaired) electrons. The van der Waals surface area contributed by atoms with E-state index in [0.717, 1.165) is 24.8 Å². The number of hydrogen-bond acceptors (Lipinski definition) is 5. The first kappa shape index (κ1) is 24.0. The van der Waals surface area contributed by atoms with Crippen LogP contribution in [0.3, 0.4) is 0 Å². The third-order valence-electron chi connectivity index (χ3n) is 6.44. The summed E-state index contributed by atoms with van der Waals surface area (Å²) in [4.78, 5) is 41.9. The van der Waals surface area contributed by atoms with Crippen LogP contribution in [0.25, 0.3) is 0 Å². The summed E-state index contributed by atoms with van der Waals surface area (Å²) in [5.74, 6) is -0.0496. The fraction of sp³-hybridized carbons (Fsp3) is 0.625. The first-order valence-corrected chi connectivity index (χ1v) is 11.7. The second kappa shape index (κ2) is 11.3. The average Bonchev–Trinajstić information content (AvgIpc) is 3.64. The predicted octanol–water partition coefficient (Wildman–Crippen LogP) is 2.14. The van der Waals surface area contributed by atoms with E-state index in [1.807, 2.05) is 51.1 Å². The summed E-state index contributed by atoms with van der Waals surface area (Å²) < 4.78 is 5.33. The standard InChI is InChI=1S/C24H36N4O4/c1-4-17(2)21(26-24(31)32-16-19-8-6-5-7-9-19)23(30)28-14-12-27(13-15-28)18(3)22(29)25-20-10-11-20/h5-9,17-18,20-21H,4,10-16H2,1-3H3,(H,25,29)(H,26,31)/t17-,18?,21-/m0/s1. The van der Waals surface area contributed by atoms with E-state index in [1.165, 1.54) is 0 Å². The van der Waals surface area contributed by atoms with Gasteiger partial charge in [-0.3, -0.25) is 14.5 Å². The third-order valence-corrected chi connectivity index (χ3v) is 6.44. The zero-order valence-corrected chi connectivity index (χ0v) is 19.4. The molecule has 1 aromatic carbocycles. The SMILES string of the molecule is CC[C@H](C)[C@H](NC(=O)OCc1ccccc1)C(=O)N1CCN(C(C)C(=O)NC2CC2)CC1. The second-order valence-electron chi connectivity index (χ2n) is 8.89. The topological polar surface area (TPSA) is 91.0 Å². The van der Waals surface area contributed by atoms with Crippen molar-refractivity contribution in [2.24, 2.45) is 5.92 Å². The van der Waals surface area contributed by atoms with Gasteiger partial charge in [0.05, 0.1) is 6.04 Å². The van der Waals surface area contributed by atoms with E-state index in [-0.39, 0.29) is 30.4 Å². The number of alkyl carbamates (subject to hydrolysis) is 1. The van der Waals surface area contributed by atoms with Gasteiger partial charge in [0.25, 0.3) is 0 Å². The van der Waals surface area contributed by atoms with Gasteiger partial charge in [0.2, 0.25) is 11.8 Å². The smallest absolute Gasteiger partial charge is 0.408 e. The molecular formula is C24H36N4O4. The van der Waals surface area contributed by atoms with E-state index in [9.17, 15) is 14.4 Å². The van der Waals surface area contributed by atoms with Crippen molar-refractivity contribution in [2.75, 3.05) is 26.2 Å². The van der Waals surface area contributed by atoms with Gasteiger partial charge in [-0.15, -0.1) is 0 Å². The highest BCUT2D eigenvalue weighted by Gasteiger charge is 2.34. The highest BCUT2D eigenvalue weighted by molar-refractivity contribution is 5.86. The van der Waals surface area contributed by atoms with Gasteiger partial charge in [0.1, 0.15) is 12.6 Å². The molecule has 1 heterocycles. The van der Waals surface area contributed by atoms with Gasteiger partial charge in [-0.05, 0) is 31.2 Å². The van der Waals surface area contributed by atoms with Gasteiger partial charge in [-0.2, -0.15) is 0 Å². The van der Waals surface area contributed by atoms with Crippen LogP contribution in [0.4, 0.5) is 4.79 Å². The van der Waals surface area contributed by atoms with Crippen LogP contribution >= 0.6 is 0 Å². The van der Waals surface area contributed by atoms with Crippen LogP contribution in [-0.4, -0.2) is 72.0 Å². The van der Waals surface area contributed by atoms with Crippen molar-refractivity contribution in [1.29, 1.82) is 0 Å². The zero-order chi connectivity index (χ0) is 23.1.